The Balaban J connectivity index is 1.32. The van der Waals surface area contributed by atoms with Gasteiger partial charge in [0.25, 0.3) is 5.91 Å². The van der Waals surface area contributed by atoms with Crippen molar-refractivity contribution in [2.75, 3.05) is 0 Å². The zero-order valence-corrected chi connectivity index (χ0v) is 20.9. The van der Waals surface area contributed by atoms with Crippen molar-refractivity contribution >= 4 is 18.0 Å². The molecular formula is C30H25F2N3O3. The van der Waals surface area contributed by atoms with E-state index in [2.05, 4.69) is 5.32 Å². The molecule has 38 heavy (non-hydrogen) atoms. The van der Waals surface area contributed by atoms with E-state index in [1.165, 1.54) is 18.2 Å². The van der Waals surface area contributed by atoms with Gasteiger partial charge in [0.2, 0.25) is 0 Å². The SMILES string of the molecule is Cc1cc(/C=C2/NC(=O)N(Cc3ccccc3F)C2=O)c(C)n1-c1ccc(OCc2ccc(F)cc2)cc1. The topological polar surface area (TPSA) is 63.6 Å². The Kier molecular flexibility index (Phi) is 6.79. The number of halogens is 2. The van der Waals surface area contributed by atoms with Gasteiger partial charge in [-0.3, -0.25) is 9.69 Å². The lowest BCUT2D eigenvalue weighted by molar-refractivity contribution is -0.123. The number of carbonyl (C=O) groups is 2. The van der Waals surface area contributed by atoms with Gasteiger partial charge in [-0.15, -0.1) is 0 Å². The Morgan fingerprint density at radius 3 is 2.34 bits per heavy atom. The van der Waals surface area contributed by atoms with Crippen LogP contribution >= 0.6 is 0 Å². The maximum Gasteiger partial charge on any atom is 0.329 e. The molecule has 1 aliphatic heterocycles. The standard InChI is InChI=1S/C30H25F2N3O3/c1-19-15-23(16-28-29(36)34(30(37)33-28)17-22-5-3-4-6-27(22)32)20(2)35(19)25-11-13-26(14-12-25)38-18-21-7-9-24(31)10-8-21/h3-16H,17-18H2,1-2H3,(H,33,37)/b28-16+. The molecule has 6 nitrogen and oxygen atoms in total. The molecule has 192 valence electrons. The molecule has 3 amide bonds. The van der Waals surface area contributed by atoms with Gasteiger partial charge >= 0.3 is 6.03 Å². The monoisotopic (exact) mass is 513 g/mol. The number of amides is 3. The molecule has 0 aliphatic carbocycles. The molecule has 0 radical (unpaired) electrons. The smallest absolute Gasteiger partial charge is 0.329 e. The van der Waals surface area contributed by atoms with Crippen LogP contribution in [-0.2, 0) is 17.9 Å². The molecule has 3 aromatic carbocycles. The fourth-order valence-corrected chi connectivity index (χ4v) is 4.44. The van der Waals surface area contributed by atoms with E-state index >= 15 is 0 Å². The average molecular weight is 514 g/mol. The van der Waals surface area contributed by atoms with Crippen molar-refractivity contribution in [1.82, 2.24) is 14.8 Å². The van der Waals surface area contributed by atoms with Crippen LogP contribution in [0.15, 0.2) is 84.6 Å². The number of imide groups is 1. The maximum atomic E-state index is 14.1. The highest BCUT2D eigenvalue weighted by molar-refractivity contribution is 6.14. The largest absolute Gasteiger partial charge is 0.489 e. The Hall–Kier alpha value is -4.72. The zero-order valence-electron chi connectivity index (χ0n) is 20.9. The first kappa shape index (κ1) is 25.0. The number of nitrogens with one attached hydrogen (secondary N) is 1. The highest BCUT2D eigenvalue weighted by Crippen LogP contribution is 2.26. The second-order valence-corrected chi connectivity index (χ2v) is 9.04. The predicted molar refractivity (Wildman–Crippen MR) is 139 cm³/mol. The van der Waals surface area contributed by atoms with Crippen LogP contribution in [-0.4, -0.2) is 21.4 Å². The number of aromatic nitrogens is 1. The van der Waals surface area contributed by atoms with Crippen molar-refractivity contribution < 1.29 is 23.1 Å². The Bertz CT molecular complexity index is 1540. The number of hydrogen-bond donors (Lipinski definition) is 1. The van der Waals surface area contributed by atoms with Gasteiger partial charge in [-0.25, -0.2) is 13.6 Å². The molecule has 1 aromatic heterocycles. The van der Waals surface area contributed by atoms with Gasteiger partial charge in [0, 0.05) is 22.6 Å². The summed E-state index contributed by atoms with van der Waals surface area (Å²) in [5.41, 5.74) is 4.76. The van der Waals surface area contributed by atoms with E-state index in [1.54, 1.807) is 36.4 Å². The van der Waals surface area contributed by atoms with Crippen LogP contribution in [0.3, 0.4) is 0 Å². The minimum atomic E-state index is -0.588. The highest BCUT2D eigenvalue weighted by atomic mass is 19.1. The Morgan fingerprint density at radius 1 is 0.921 bits per heavy atom. The van der Waals surface area contributed by atoms with Crippen LogP contribution in [0, 0.1) is 25.5 Å². The first-order chi connectivity index (χ1) is 18.3. The Morgan fingerprint density at radius 2 is 1.63 bits per heavy atom. The summed E-state index contributed by atoms with van der Waals surface area (Å²) in [7, 11) is 0. The van der Waals surface area contributed by atoms with Crippen LogP contribution in [0.5, 0.6) is 5.75 Å². The lowest BCUT2D eigenvalue weighted by Gasteiger charge is -2.12. The normalized spacial score (nSPS) is 14.3. The number of urea groups is 1. The van der Waals surface area contributed by atoms with Gasteiger partial charge < -0.3 is 14.6 Å². The van der Waals surface area contributed by atoms with Crippen molar-refractivity contribution in [2.24, 2.45) is 0 Å². The van der Waals surface area contributed by atoms with E-state index in [-0.39, 0.29) is 23.6 Å². The van der Waals surface area contributed by atoms with Crippen molar-refractivity contribution in [3.05, 3.63) is 124 Å². The quantitative estimate of drug-likeness (QED) is 0.242. The molecule has 0 saturated carbocycles. The molecule has 0 atom stereocenters. The fraction of sp³-hybridized carbons (Fsp3) is 0.133. The predicted octanol–water partition coefficient (Wildman–Crippen LogP) is 6.04. The number of nitrogens with zero attached hydrogens (tertiary/aromatic N) is 2. The minimum Gasteiger partial charge on any atom is -0.489 e. The first-order valence-electron chi connectivity index (χ1n) is 12.0. The van der Waals surface area contributed by atoms with E-state index in [9.17, 15) is 18.4 Å². The van der Waals surface area contributed by atoms with E-state index < -0.39 is 17.8 Å². The first-order valence-corrected chi connectivity index (χ1v) is 12.0. The summed E-state index contributed by atoms with van der Waals surface area (Å²) < 4.78 is 35.0. The van der Waals surface area contributed by atoms with E-state index in [0.29, 0.717) is 12.4 Å². The van der Waals surface area contributed by atoms with Gasteiger partial charge in [0.1, 0.15) is 29.7 Å². The lowest BCUT2D eigenvalue weighted by Crippen LogP contribution is -2.30. The van der Waals surface area contributed by atoms with Crippen LogP contribution in [0.4, 0.5) is 13.6 Å². The number of benzene rings is 3. The zero-order chi connectivity index (χ0) is 26.8. The van der Waals surface area contributed by atoms with Gasteiger partial charge in [0.15, 0.2) is 0 Å². The maximum absolute atomic E-state index is 14.1. The average Bonchev–Trinajstić information content (AvgIpc) is 3.34. The molecule has 1 fully saturated rings. The molecule has 1 aliphatic rings. The molecule has 2 heterocycles. The third kappa shape index (κ3) is 5.06. The van der Waals surface area contributed by atoms with Crippen LogP contribution < -0.4 is 10.1 Å². The number of rotatable bonds is 7. The Labute approximate surface area is 218 Å². The lowest BCUT2D eigenvalue weighted by atomic mass is 10.2. The number of carbonyl (C=O) groups excluding carboxylic acids is 2. The van der Waals surface area contributed by atoms with Crippen LogP contribution in [0.1, 0.15) is 28.1 Å². The van der Waals surface area contributed by atoms with E-state index in [0.717, 1.165) is 33.1 Å². The number of ether oxygens (including phenoxy) is 1. The molecule has 0 bridgehead atoms. The summed E-state index contributed by atoms with van der Waals surface area (Å²) in [6.45, 7) is 4.06. The third-order valence-corrected chi connectivity index (χ3v) is 6.43. The van der Waals surface area contributed by atoms with E-state index in [1.807, 2.05) is 48.7 Å². The molecule has 1 saturated heterocycles. The van der Waals surface area contributed by atoms with Crippen molar-refractivity contribution in [3.8, 4) is 11.4 Å². The second kappa shape index (κ2) is 10.3. The van der Waals surface area contributed by atoms with Crippen molar-refractivity contribution in [3.63, 3.8) is 0 Å². The molecule has 1 N–H and O–H groups in total. The van der Waals surface area contributed by atoms with Crippen LogP contribution in [0.25, 0.3) is 11.8 Å². The van der Waals surface area contributed by atoms with Gasteiger partial charge in [0.05, 0.1) is 6.54 Å². The number of hydrogen-bond acceptors (Lipinski definition) is 3. The summed E-state index contributed by atoms with van der Waals surface area (Å²) in [6, 6.07) is 21.1. The van der Waals surface area contributed by atoms with Crippen LogP contribution in [0.2, 0.25) is 0 Å². The fourth-order valence-electron chi connectivity index (χ4n) is 4.44. The van der Waals surface area contributed by atoms with E-state index in [4.69, 9.17) is 4.74 Å². The summed E-state index contributed by atoms with van der Waals surface area (Å²) in [4.78, 5) is 26.4. The summed E-state index contributed by atoms with van der Waals surface area (Å²) >= 11 is 0. The molecule has 5 rings (SSSR count). The number of aryl methyl sites for hydroxylation is 1. The molecule has 8 heteroatoms. The summed E-state index contributed by atoms with van der Waals surface area (Å²) in [5, 5.41) is 2.61. The van der Waals surface area contributed by atoms with Crippen molar-refractivity contribution in [1.29, 1.82) is 0 Å². The molecular weight excluding hydrogens is 488 g/mol. The van der Waals surface area contributed by atoms with Crippen molar-refractivity contribution in [2.45, 2.75) is 27.0 Å². The third-order valence-electron chi connectivity index (χ3n) is 6.43. The molecule has 4 aromatic rings. The summed E-state index contributed by atoms with van der Waals surface area (Å²) in [6.07, 6.45) is 1.64. The molecule has 0 unspecified atom stereocenters. The highest BCUT2D eigenvalue weighted by Gasteiger charge is 2.34. The summed E-state index contributed by atoms with van der Waals surface area (Å²) in [5.74, 6) is -0.589. The second-order valence-electron chi connectivity index (χ2n) is 9.04. The van der Waals surface area contributed by atoms with Gasteiger partial charge in [-0.1, -0.05) is 30.3 Å². The molecule has 0 spiro atoms. The minimum absolute atomic E-state index is 0.135. The van der Waals surface area contributed by atoms with Gasteiger partial charge in [-0.2, -0.15) is 0 Å². The van der Waals surface area contributed by atoms with Gasteiger partial charge in [-0.05, 0) is 79.6 Å².